The van der Waals surface area contributed by atoms with Crippen molar-refractivity contribution in [3.8, 4) is 11.8 Å². The van der Waals surface area contributed by atoms with Crippen LogP contribution in [0.1, 0.15) is 13.8 Å². The van der Waals surface area contributed by atoms with Gasteiger partial charge < -0.3 is 10.1 Å². The third kappa shape index (κ3) is 3.47. The van der Waals surface area contributed by atoms with Crippen LogP contribution in [0.5, 0.6) is 5.75 Å². The van der Waals surface area contributed by atoms with Crippen molar-refractivity contribution >= 4 is 5.69 Å². The van der Waals surface area contributed by atoms with Gasteiger partial charge in [0.05, 0.1) is 19.1 Å². The molecule has 0 spiro atoms. The zero-order chi connectivity index (χ0) is 12.0. The number of nitrogens with one attached hydrogen (secondary N) is 1. The number of ether oxygens (including phenoxy) is 1. The molecule has 0 heterocycles. The highest BCUT2D eigenvalue weighted by atomic mass is 16.5. The monoisotopic (exact) mass is 218 g/mol. The van der Waals surface area contributed by atoms with Crippen LogP contribution in [-0.2, 0) is 0 Å². The van der Waals surface area contributed by atoms with Gasteiger partial charge in [-0.15, -0.1) is 0 Å². The van der Waals surface area contributed by atoms with Crippen molar-refractivity contribution in [2.24, 2.45) is 11.8 Å². The Morgan fingerprint density at radius 3 is 2.75 bits per heavy atom. The molecule has 0 saturated carbocycles. The summed E-state index contributed by atoms with van der Waals surface area (Å²) in [5, 5.41) is 12.2. The summed E-state index contributed by atoms with van der Waals surface area (Å²) in [4.78, 5) is 0. The Labute approximate surface area is 97.0 Å². The summed E-state index contributed by atoms with van der Waals surface area (Å²) >= 11 is 0. The zero-order valence-corrected chi connectivity index (χ0v) is 10.0. The number of hydrogen-bond acceptors (Lipinski definition) is 3. The molecule has 0 aliphatic heterocycles. The van der Waals surface area contributed by atoms with Gasteiger partial charge in [-0.25, -0.2) is 0 Å². The molecule has 0 aliphatic rings. The highest BCUT2D eigenvalue weighted by Crippen LogP contribution is 2.18. The Hall–Kier alpha value is -1.69. The number of anilines is 1. The first-order valence-corrected chi connectivity index (χ1v) is 5.45. The van der Waals surface area contributed by atoms with E-state index >= 15 is 0 Å². The molecule has 1 aromatic rings. The first-order chi connectivity index (χ1) is 7.67. The Balaban J connectivity index is 2.57. The van der Waals surface area contributed by atoms with E-state index in [1.165, 1.54) is 0 Å². The number of hydrogen-bond donors (Lipinski definition) is 1. The van der Waals surface area contributed by atoms with Crippen molar-refractivity contribution in [2.75, 3.05) is 19.0 Å². The van der Waals surface area contributed by atoms with Crippen LogP contribution in [0.25, 0.3) is 0 Å². The van der Waals surface area contributed by atoms with Crippen molar-refractivity contribution < 1.29 is 4.74 Å². The van der Waals surface area contributed by atoms with Crippen molar-refractivity contribution in [1.82, 2.24) is 0 Å². The average molecular weight is 218 g/mol. The molecule has 1 rings (SSSR count). The fraction of sp³-hybridized carbons (Fsp3) is 0.462. The Kier molecular flexibility index (Phi) is 4.65. The fourth-order valence-electron chi connectivity index (χ4n) is 1.39. The molecular formula is C13H18N2O. The normalized spacial score (nSPS) is 11.9. The molecule has 1 atom stereocenters. The summed E-state index contributed by atoms with van der Waals surface area (Å²) < 4.78 is 5.13. The first kappa shape index (κ1) is 12.4. The number of benzene rings is 1. The standard InChI is InChI=1S/C13H18N2O/c1-10(2)11(8-14)9-15-12-5-4-6-13(7-12)16-3/h4-7,10-11,15H,9H2,1-3H3. The molecule has 16 heavy (non-hydrogen) atoms. The molecule has 0 aliphatic carbocycles. The van der Waals surface area contributed by atoms with Crippen LogP contribution in [0.15, 0.2) is 24.3 Å². The van der Waals surface area contributed by atoms with Gasteiger partial charge in [0.25, 0.3) is 0 Å². The predicted molar refractivity (Wildman–Crippen MR) is 65.4 cm³/mol. The molecular weight excluding hydrogens is 200 g/mol. The summed E-state index contributed by atoms with van der Waals surface area (Å²) in [7, 11) is 1.64. The minimum Gasteiger partial charge on any atom is -0.497 e. The average Bonchev–Trinajstić information content (AvgIpc) is 2.29. The van der Waals surface area contributed by atoms with E-state index in [1.807, 2.05) is 24.3 Å². The van der Waals surface area contributed by atoms with Crippen molar-refractivity contribution in [3.05, 3.63) is 24.3 Å². The summed E-state index contributed by atoms with van der Waals surface area (Å²) in [6.45, 7) is 4.78. The second kappa shape index (κ2) is 6.02. The highest BCUT2D eigenvalue weighted by molar-refractivity contribution is 5.48. The zero-order valence-electron chi connectivity index (χ0n) is 10.0. The SMILES string of the molecule is COc1cccc(NCC(C#N)C(C)C)c1. The van der Waals surface area contributed by atoms with E-state index in [-0.39, 0.29) is 5.92 Å². The minimum absolute atomic E-state index is 0.0335. The predicted octanol–water partition coefficient (Wildman–Crippen LogP) is 2.90. The molecule has 0 aromatic heterocycles. The number of rotatable bonds is 5. The Morgan fingerprint density at radius 1 is 1.44 bits per heavy atom. The molecule has 1 aromatic carbocycles. The molecule has 0 bridgehead atoms. The van der Waals surface area contributed by atoms with Gasteiger partial charge in [-0.2, -0.15) is 5.26 Å². The molecule has 3 nitrogen and oxygen atoms in total. The van der Waals surface area contributed by atoms with Gasteiger partial charge in [0.15, 0.2) is 0 Å². The Morgan fingerprint density at radius 2 is 2.19 bits per heavy atom. The lowest BCUT2D eigenvalue weighted by Crippen LogP contribution is -2.17. The lowest BCUT2D eigenvalue weighted by molar-refractivity contribution is 0.415. The summed E-state index contributed by atoms with van der Waals surface area (Å²) in [5.74, 6) is 1.22. The lowest BCUT2D eigenvalue weighted by Gasteiger charge is -2.14. The van der Waals surface area contributed by atoms with Crippen LogP contribution < -0.4 is 10.1 Å². The molecule has 1 N–H and O–H groups in total. The highest BCUT2D eigenvalue weighted by Gasteiger charge is 2.11. The smallest absolute Gasteiger partial charge is 0.120 e. The quantitative estimate of drug-likeness (QED) is 0.826. The summed E-state index contributed by atoms with van der Waals surface area (Å²) in [6, 6.07) is 10.0. The maximum Gasteiger partial charge on any atom is 0.120 e. The van der Waals surface area contributed by atoms with Gasteiger partial charge in [0, 0.05) is 18.3 Å². The molecule has 0 saturated heterocycles. The molecule has 86 valence electrons. The topological polar surface area (TPSA) is 45.0 Å². The number of nitrogens with zero attached hydrogens (tertiary/aromatic N) is 1. The van der Waals surface area contributed by atoms with Crippen LogP contribution in [0, 0.1) is 23.2 Å². The van der Waals surface area contributed by atoms with Crippen LogP contribution in [-0.4, -0.2) is 13.7 Å². The van der Waals surface area contributed by atoms with Gasteiger partial charge in [-0.3, -0.25) is 0 Å². The first-order valence-electron chi connectivity index (χ1n) is 5.45. The van der Waals surface area contributed by atoms with E-state index in [1.54, 1.807) is 7.11 Å². The lowest BCUT2D eigenvalue weighted by atomic mass is 9.97. The minimum atomic E-state index is 0.0335. The maximum absolute atomic E-state index is 8.96. The molecule has 3 heteroatoms. The third-order valence-corrected chi connectivity index (χ3v) is 2.57. The fourth-order valence-corrected chi connectivity index (χ4v) is 1.39. The van der Waals surface area contributed by atoms with Crippen molar-refractivity contribution in [2.45, 2.75) is 13.8 Å². The third-order valence-electron chi connectivity index (χ3n) is 2.57. The summed E-state index contributed by atoms with van der Waals surface area (Å²) in [6.07, 6.45) is 0. The van der Waals surface area contributed by atoms with Crippen molar-refractivity contribution in [3.63, 3.8) is 0 Å². The molecule has 0 amide bonds. The van der Waals surface area contributed by atoms with E-state index in [0.29, 0.717) is 12.5 Å². The maximum atomic E-state index is 8.96. The van der Waals surface area contributed by atoms with Crippen LogP contribution in [0.3, 0.4) is 0 Å². The number of methoxy groups -OCH3 is 1. The van der Waals surface area contributed by atoms with Crippen LogP contribution in [0.4, 0.5) is 5.69 Å². The van der Waals surface area contributed by atoms with E-state index in [9.17, 15) is 0 Å². The van der Waals surface area contributed by atoms with E-state index in [4.69, 9.17) is 10.00 Å². The second-order valence-corrected chi connectivity index (χ2v) is 4.09. The largest absolute Gasteiger partial charge is 0.497 e. The Bertz CT molecular complexity index is 368. The summed E-state index contributed by atoms with van der Waals surface area (Å²) in [5.41, 5.74) is 0.986. The number of nitriles is 1. The van der Waals surface area contributed by atoms with Crippen LogP contribution in [0.2, 0.25) is 0 Å². The van der Waals surface area contributed by atoms with Gasteiger partial charge >= 0.3 is 0 Å². The van der Waals surface area contributed by atoms with E-state index in [0.717, 1.165) is 11.4 Å². The van der Waals surface area contributed by atoms with Crippen molar-refractivity contribution in [1.29, 1.82) is 5.26 Å². The molecule has 0 radical (unpaired) electrons. The van der Waals surface area contributed by atoms with Gasteiger partial charge in [0.1, 0.15) is 5.75 Å². The second-order valence-electron chi connectivity index (χ2n) is 4.09. The molecule has 0 fully saturated rings. The molecule has 1 unspecified atom stereocenters. The van der Waals surface area contributed by atoms with E-state index < -0.39 is 0 Å². The van der Waals surface area contributed by atoms with Gasteiger partial charge in [-0.05, 0) is 18.1 Å². The van der Waals surface area contributed by atoms with E-state index in [2.05, 4.69) is 25.2 Å². The van der Waals surface area contributed by atoms with Gasteiger partial charge in [-0.1, -0.05) is 19.9 Å². The van der Waals surface area contributed by atoms with Crippen LogP contribution >= 0.6 is 0 Å². The van der Waals surface area contributed by atoms with Gasteiger partial charge in [0.2, 0.25) is 0 Å².